The van der Waals surface area contributed by atoms with Gasteiger partial charge in [0.15, 0.2) is 11.5 Å². The van der Waals surface area contributed by atoms with Crippen molar-refractivity contribution in [1.82, 2.24) is 9.97 Å². The van der Waals surface area contributed by atoms with E-state index in [0.717, 1.165) is 22.5 Å². The summed E-state index contributed by atoms with van der Waals surface area (Å²) in [6.45, 7) is 2.08. The molecule has 25 heavy (non-hydrogen) atoms. The molecule has 0 saturated carbocycles. The third kappa shape index (κ3) is 3.28. The maximum absolute atomic E-state index is 5.46. The number of anilines is 1. The van der Waals surface area contributed by atoms with Crippen LogP contribution in [0.25, 0.3) is 10.9 Å². The Balaban J connectivity index is 1.95. The van der Waals surface area contributed by atoms with E-state index in [1.165, 1.54) is 6.33 Å². The van der Waals surface area contributed by atoms with Crippen LogP contribution in [0, 0.1) is 0 Å². The second-order valence-electron chi connectivity index (χ2n) is 5.56. The molecule has 1 unspecified atom stereocenters. The fourth-order valence-corrected chi connectivity index (χ4v) is 2.74. The first-order chi connectivity index (χ1) is 12.2. The smallest absolute Gasteiger partial charge is 0.187 e. The number of fused-ring (bicyclic) bond motifs is 1. The SMILES string of the molecule is COc1ccc(C(C)Nc2ncnc3c(OC)c(OC)ccc23)cc1. The highest BCUT2D eigenvalue weighted by Gasteiger charge is 2.15. The van der Waals surface area contributed by atoms with E-state index in [2.05, 4.69) is 22.2 Å². The topological polar surface area (TPSA) is 65.5 Å². The molecule has 1 atom stereocenters. The molecule has 0 fully saturated rings. The quantitative estimate of drug-likeness (QED) is 0.736. The molecule has 0 aliphatic rings. The number of methoxy groups -OCH3 is 3. The van der Waals surface area contributed by atoms with Crippen molar-refractivity contribution in [3.8, 4) is 17.2 Å². The van der Waals surface area contributed by atoms with Gasteiger partial charge in [-0.25, -0.2) is 9.97 Å². The normalized spacial score (nSPS) is 11.8. The van der Waals surface area contributed by atoms with Crippen LogP contribution in [0.15, 0.2) is 42.7 Å². The average Bonchev–Trinajstić information content (AvgIpc) is 2.67. The number of benzene rings is 2. The number of hydrogen-bond acceptors (Lipinski definition) is 6. The number of nitrogens with one attached hydrogen (secondary N) is 1. The van der Waals surface area contributed by atoms with Crippen molar-refractivity contribution in [1.29, 1.82) is 0 Å². The second kappa shape index (κ2) is 7.25. The van der Waals surface area contributed by atoms with Crippen LogP contribution in [0.2, 0.25) is 0 Å². The molecular weight excluding hydrogens is 318 g/mol. The van der Waals surface area contributed by atoms with Gasteiger partial charge < -0.3 is 19.5 Å². The monoisotopic (exact) mass is 339 g/mol. The molecule has 1 N–H and O–H groups in total. The van der Waals surface area contributed by atoms with Crippen molar-refractivity contribution >= 4 is 16.7 Å². The summed E-state index contributed by atoms with van der Waals surface area (Å²) < 4.78 is 16.0. The minimum Gasteiger partial charge on any atom is -0.497 e. The lowest BCUT2D eigenvalue weighted by atomic mass is 10.1. The van der Waals surface area contributed by atoms with Gasteiger partial charge in [-0.15, -0.1) is 0 Å². The van der Waals surface area contributed by atoms with Crippen LogP contribution in [0.5, 0.6) is 17.2 Å². The molecule has 3 rings (SSSR count). The van der Waals surface area contributed by atoms with Gasteiger partial charge in [-0.2, -0.15) is 0 Å². The first-order valence-corrected chi connectivity index (χ1v) is 7.94. The summed E-state index contributed by atoms with van der Waals surface area (Å²) in [7, 11) is 4.87. The number of ether oxygens (including phenoxy) is 3. The van der Waals surface area contributed by atoms with Crippen molar-refractivity contribution in [2.45, 2.75) is 13.0 Å². The van der Waals surface area contributed by atoms with Crippen LogP contribution in [-0.4, -0.2) is 31.3 Å². The first-order valence-electron chi connectivity index (χ1n) is 7.94. The molecule has 3 aromatic rings. The summed E-state index contributed by atoms with van der Waals surface area (Å²) in [5.74, 6) is 2.82. The molecular formula is C19H21N3O3. The lowest BCUT2D eigenvalue weighted by molar-refractivity contribution is 0.358. The van der Waals surface area contributed by atoms with E-state index in [9.17, 15) is 0 Å². The number of rotatable bonds is 6. The summed E-state index contributed by atoms with van der Waals surface area (Å²) in [5.41, 5.74) is 1.84. The number of aromatic nitrogens is 2. The summed E-state index contributed by atoms with van der Waals surface area (Å²) in [5, 5.41) is 4.31. The molecule has 1 aromatic heterocycles. The highest BCUT2D eigenvalue weighted by atomic mass is 16.5. The first kappa shape index (κ1) is 16.8. The highest BCUT2D eigenvalue weighted by Crippen LogP contribution is 2.36. The van der Waals surface area contributed by atoms with E-state index in [1.54, 1.807) is 21.3 Å². The third-order valence-corrected chi connectivity index (χ3v) is 4.12. The van der Waals surface area contributed by atoms with Gasteiger partial charge in [0.2, 0.25) is 0 Å². The van der Waals surface area contributed by atoms with Crippen molar-refractivity contribution < 1.29 is 14.2 Å². The standard InChI is InChI=1S/C19H21N3O3/c1-12(13-5-7-14(23-2)8-6-13)22-19-15-9-10-16(24-3)18(25-4)17(15)20-11-21-19/h5-12H,1-4H3,(H,20,21,22). The Morgan fingerprint density at radius 2 is 1.64 bits per heavy atom. The molecule has 0 amide bonds. The predicted molar refractivity (Wildman–Crippen MR) is 97.7 cm³/mol. The Morgan fingerprint density at radius 1 is 0.880 bits per heavy atom. The summed E-state index contributed by atoms with van der Waals surface area (Å²) >= 11 is 0. The lowest BCUT2D eigenvalue weighted by Crippen LogP contribution is -2.09. The Labute approximate surface area is 146 Å². The van der Waals surface area contributed by atoms with Crippen molar-refractivity contribution in [3.63, 3.8) is 0 Å². The molecule has 0 radical (unpaired) electrons. The zero-order chi connectivity index (χ0) is 17.8. The van der Waals surface area contributed by atoms with Gasteiger partial charge in [0.25, 0.3) is 0 Å². The van der Waals surface area contributed by atoms with Gasteiger partial charge in [-0.3, -0.25) is 0 Å². The predicted octanol–water partition coefficient (Wildman–Crippen LogP) is 3.83. The maximum Gasteiger partial charge on any atom is 0.187 e. The molecule has 0 spiro atoms. The summed E-state index contributed by atoms with van der Waals surface area (Å²) in [6.07, 6.45) is 1.52. The van der Waals surface area contributed by atoms with Crippen LogP contribution in [0.1, 0.15) is 18.5 Å². The van der Waals surface area contributed by atoms with Crippen molar-refractivity contribution in [2.75, 3.05) is 26.6 Å². The molecule has 130 valence electrons. The molecule has 2 aromatic carbocycles. The average molecular weight is 339 g/mol. The minimum atomic E-state index is 0.0668. The summed E-state index contributed by atoms with van der Waals surface area (Å²) in [6, 6.07) is 11.8. The van der Waals surface area contributed by atoms with Crippen LogP contribution >= 0.6 is 0 Å². The number of hydrogen-bond donors (Lipinski definition) is 1. The highest BCUT2D eigenvalue weighted by molar-refractivity contribution is 5.94. The van der Waals surface area contributed by atoms with E-state index < -0.39 is 0 Å². The van der Waals surface area contributed by atoms with Crippen LogP contribution < -0.4 is 19.5 Å². The Morgan fingerprint density at radius 3 is 2.28 bits per heavy atom. The fraction of sp³-hybridized carbons (Fsp3) is 0.263. The van der Waals surface area contributed by atoms with Crippen LogP contribution in [0.3, 0.4) is 0 Å². The molecule has 0 aliphatic heterocycles. The molecule has 0 bridgehead atoms. The van der Waals surface area contributed by atoms with Gasteiger partial charge in [0.05, 0.1) is 21.3 Å². The maximum atomic E-state index is 5.46. The van der Waals surface area contributed by atoms with Gasteiger partial charge in [0, 0.05) is 11.4 Å². The zero-order valence-electron chi connectivity index (χ0n) is 14.7. The van der Waals surface area contributed by atoms with Crippen molar-refractivity contribution in [3.05, 3.63) is 48.3 Å². The van der Waals surface area contributed by atoms with E-state index >= 15 is 0 Å². The zero-order valence-corrected chi connectivity index (χ0v) is 14.7. The second-order valence-corrected chi connectivity index (χ2v) is 5.56. The molecule has 6 nitrogen and oxygen atoms in total. The van der Waals surface area contributed by atoms with Gasteiger partial charge in [0.1, 0.15) is 23.4 Å². The Hall–Kier alpha value is -3.02. The number of nitrogens with zero attached hydrogens (tertiary/aromatic N) is 2. The van der Waals surface area contributed by atoms with E-state index in [0.29, 0.717) is 17.0 Å². The third-order valence-electron chi connectivity index (χ3n) is 4.12. The largest absolute Gasteiger partial charge is 0.497 e. The fourth-order valence-electron chi connectivity index (χ4n) is 2.74. The lowest BCUT2D eigenvalue weighted by Gasteiger charge is -2.17. The van der Waals surface area contributed by atoms with Crippen LogP contribution in [0.4, 0.5) is 5.82 Å². The van der Waals surface area contributed by atoms with Crippen LogP contribution in [-0.2, 0) is 0 Å². The Kier molecular flexibility index (Phi) is 4.88. The molecule has 1 heterocycles. The van der Waals surface area contributed by atoms with Crippen molar-refractivity contribution in [2.24, 2.45) is 0 Å². The van der Waals surface area contributed by atoms with E-state index in [4.69, 9.17) is 14.2 Å². The van der Waals surface area contributed by atoms with Gasteiger partial charge in [-0.05, 0) is 36.8 Å². The van der Waals surface area contributed by atoms with E-state index in [1.807, 2.05) is 36.4 Å². The minimum absolute atomic E-state index is 0.0668. The van der Waals surface area contributed by atoms with E-state index in [-0.39, 0.29) is 6.04 Å². The van der Waals surface area contributed by atoms with Gasteiger partial charge >= 0.3 is 0 Å². The molecule has 6 heteroatoms. The molecule has 0 aliphatic carbocycles. The Bertz CT molecular complexity index is 866. The molecule has 0 saturated heterocycles. The summed E-state index contributed by atoms with van der Waals surface area (Å²) in [4.78, 5) is 8.75. The van der Waals surface area contributed by atoms with Gasteiger partial charge in [-0.1, -0.05) is 12.1 Å².